The molecule has 7 nitrogen and oxygen atoms in total. The lowest BCUT2D eigenvalue weighted by Gasteiger charge is -2.13. The van der Waals surface area contributed by atoms with E-state index in [4.69, 9.17) is 11.6 Å². The number of hydrogen-bond acceptors (Lipinski definition) is 5. The number of aromatic nitrogens is 3. The van der Waals surface area contributed by atoms with Gasteiger partial charge in [-0.15, -0.1) is 5.10 Å². The quantitative estimate of drug-likeness (QED) is 0.651. The average molecular weight is 394 g/mol. The fourth-order valence-electron chi connectivity index (χ4n) is 2.88. The van der Waals surface area contributed by atoms with Gasteiger partial charge in [0.05, 0.1) is 19.3 Å². The van der Waals surface area contributed by atoms with Crippen LogP contribution in [0.25, 0.3) is 0 Å². The lowest BCUT2D eigenvalue weighted by molar-refractivity contribution is -0.138. The Bertz CT molecular complexity index is 1050. The summed E-state index contributed by atoms with van der Waals surface area (Å²) in [5, 5.41) is 10.9. The van der Waals surface area contributed by atoms with Gasteiger partial charge in [-0.1, -0.05) is 65.3 Å². The third-order valence-electron chi connectivity index (χ3n) is 4.25. The molecule has 28 heavy (non-hydrogen) atoms. The van der Waals surface area contributed by atoms with Gasteiger partial charge >= 0.3 is 0 Å². The molecule has 0 aliphatic carbocycles. The van der Waals surface area contributed by atoms with Gasteiger partial charge in [0.15, 0.2) is 0 Å². The Kier molecular flexibility index (Phi) is 4.90. The molecule has 0 saturated carbocycles. The van der Waals surface area contributed by atoms with Crippen LogP contribution in [-0.4, -0.2) is 31.7 Å². The van der Waals surface area contributed by atoms with Gasteiger partial charge in [0.1, 0.15) is 16.4 Å². The van der Waals surface area contributed by atoms with Gasteiger partial charge in [-0.05, 0) is 17.7 Å². The predicted octanol–water partition coefficient (Wildman–Crippen LogP) is 2.76. The molecule has 0 unspecified atom stereocenters. The van der Waals surface area contributed by atoms with Crippen LogP contribution in [0.2, 0.25) is 0 Å². The number of nitrogens with zero attached hydrogens (tertiary/aromatic N) is 4. The first kappa shape index (κ1) is 17.9. The Morgan fingerprint density at radius 3 is 2.29 bits per heavy atom. The van der Waals surface area contributed by atoms with Crippen LogP contribution in [0.1, 0.15) is 11.3 Å². The van der Waals surface area contributed by atoms with Gasteiger partial charge < -0.3 is 5.32 Å². The molecule has 2 amide bonds. The average Bonchev–Trinajstić information content (AvgIpc) is 3.24. The zero-order chi connectivity index (χ0) is 19.5. The van der Waals surface area contributed by atoms with Crippen molar-refractivity contribution in [3.8, 4) is 0 Å². The Balaban J connectivity index is 1.46. The molecule has 0 bridgehead atoms. The number of nitrogens with one attached hydrogen (secondary N) is 1. The molecular weight excluding hydrogens is 378 g/mol. The van der Waals surface area contributed by atoms with E-state index in [1.54, 1.807) is 23.0 Å². The highest BCUT2D eigenvalue weighted by molar-refractivity contribution is 6.48. The second kappa shape index (κ2) is 7.66. The summed E-state index contributed by atoms with van der Waals surface area (Å²) < 4.78 is 1.66. The first-order chi connectivity index (χ1) is 13.6. The maximum atomic E-state index is 12.7. The lowest BCUT2D eigenvalue weighted by atomic mass is 10.2. The molecule has 1 aromatic heterocycles. The summed E-state index contributed by atoms with van der Waals surface area (Å²) >= 11 is 6.11. The maximum Gasteiger partial charge on any atom is 0.279 e. The van der Waals surface area contributed by atoms with E-state index in [1.807, 2.05) is 48.5 Å². The molecule has 8 heteroatoms. The number of imide groups is 1. The van der Waals surface area contributed by atoms with Gasteiger partial charge in [0.2, 0.25) is 0 Å². The molecule has 0 radical (unpaired) electrons. The molecule has 2 heterocycles. The molecular formula is C20H16ClN5O2. The third kappa shape index (κ3) is 3.65. The summed E-state index contributed by atoms with van der Waals surface area (Å²) in [5.74, 6) is -1.04. The van der Waals surface area contributed by atoms with E-state index in [0.29, 0.717) is 17.9 Å². The fraction of sp³-hybridized carbons (Fsp3) is 0.100. The van der Waals surface area contributed by atoms with Crippen LogP contribution in [-0.2, 0) is 22.7 Å². The minimum Gasteiger partial charge on any atom is -0.350 e. The Hall–Kier alpha value is -3.45. The van der Waals surface area contributed by atoms with Gasteiger partial charge in [-0.25, -0.2) is 4.68 Å². The van der Waals surface area contributed by atoms with Crippen molar-refractivity contribution >= 4 is 29.1 Å². The summed E-state index contributed by atoms with van der Waals surface area (Å²) in [6, 6.07) is 18.9. The minimum atomic E-state index is -0.553. The summed E-state index contributed by atoms with van der Waals surface area (Å²) in [7, 11) is 0. The standard InChI is InChI=1S/C20H16ClN5O2/c21-17-18(22-15-9-5-2-6-10-15)20(28)26(19(17)27)13-16-12-25(24-23-16)11-14-7-3-1-4-8-14/h1-10,12,22H,11,13H2. The lowest BCUT2D eigenvalue weighted by Crippen LogP contribution is -2.32. The van der Waals surface area contributed by atoms with Crippen molar-refractivity contribution in [1.82, 2.24) is 19.9 Å². The first-order valence-electron chi connectivity index (χ1n) is 8.63. The number of halogens is 1. The van der Waals surface area contributed by atoms with E-state index in [2.05, 4.69) is 15.6 Å². The highest BCUT2D eigenvalue weighted by Gasteiger charge is 2.38. The normalized spacial score (nSPS) is 14.1. The summed E-state index contributed by atoms with van der Waals surface area (Å²) in [5.41, 5.74) is 2.32. The SMILES string of the molecule is O=C1C(Cl)=C(Nc2ccccc2)C(=O)N1Cc1cn(Cc2ccccc2)nn1. The molecule has 0 saturated heterocycles. The molecule has 3 aromatic rings. The second-order valence-corrected chi connectivity index (χ2v) is 6.65. The number of hydrogen-bond donors (Lipinski definition) is 1. The predicted molar refractivity (Wildman–Crippen MR) is 104 cm³/mol. The molecule has 140 valence electrons. The summed E-state index contributed by atoms with van der Waals surface area (Å²) in [6.07, 6.45) is 1.71. The van der Waals surface area contributed by atoms with E-state index < -0.39 is 11.8 Å². The zero-order valence-corrected chi connectivity index (χ0v) is 15.5. The Morgan fingerprint density at radius 2 is 1.57 bits per heavy atom. The second-order valence-electron chi connectivity index (χ2n) is 6.27. The number of carbonyl (C=O) groups is 2. The van der Waals surface area contributed by atoms with Crippen molar-refractivity contribution in [2.75, 3.05) is 5.32 Å². The van der Waals surface area contributed by atoms with Crippen LogP contribution >= 0.6 is 11.6 Å². The van der Waals surface area contributed by atoms with Crippen LogP contribution in [0.15, 0.2) is 77.6 Å². The molecule has 1 aliphatic heterocycles. The van der Waals surface area contributed by atoms with E-state index in [0.717, 1.165) is 10.5 Å². The van der Waals surface area contributed by atoms with Crippen molar-refractivity contribution in [1.29, 1.82) is 0 Å². The molecule has 2 aromatic carbocycles. The molecule has 0 fully saturated rings. The van der Waals surface area contributed by atoms with E-state index in [1.165, 1.54) is 0 Å². The number of carbonyl (C=O) groups excluding carboxylic acids is 2. The number of rotatable bonds is 6. The van der Waals surface area contributed by atoms with Crippen LogP contribution < -0.4 is 5.32 Å². The number of benzene rings is 2. The van der Waals surface area contributed by atoms with Crippen LogP contribution in [0.4, 0.5) is 5.69 Å². The molecule has 0 spiro atoms. The van der Waals surface area contributed by atoms with E-state index in [9.17, 15) is 9.59 Å². The van der Waals surface area contributed by atoms with Gasteiger partial charge in [0.25, 0.3) is 11.8 Å². The zero-order valence-electron chi connectivity index (χ0n) is 14.7. The number of anilines is 1. The molecule has 1 N–H and O–H groups in total. The van der Waals surface area contributed by atoms with Crippen LogP contribution in [0.5, 0.6) is 0 Å². The maximum absolute atomic E-state index is 12.7. The van der Waals surface area contributed by atoms with Crippen LogP contribution in [0, 0.1) is 0 Å². The van der Waals surface area contributed by atoms with E-state index in [-0.39, 0.29) is 17.3 Å². The van der Waals surface area contributed by atoms with Crippen molar-refractivity contribution < 1.29 is 9.59 Å². The van der Waals surface area contributed by atoms with Crippen molar-refractivity contribution in [3.05, 3.63) is 88.8 Å². The topological polar surface area (TPSA) is 80.1 Å². The van der Waals surface area contributed by atoms with E-state index >= 15 is 0 Å². The van der Waals surface area contributed by atoms with Crippen molar-refractivity contribution in [2.24, 2.45) is 0 Å². The first-order valence-corrected chi connectivity index (χ1v) is 9.00. The van der Waals surface area contributed by atoms with Crippen molar-refractivity contribution in [3.63, 3.8) is 0 Å². The van der Waals surface area contributed by atoms with Crippen LogP contribution in [0.3, 0.4) is 0 Å². The molecule has 4 rings (SSSR count). The highest BCUT2D eigenvalue weighted by Crippen LogP contribution is 2.26. The van der Waals surface area contributed by atoms with Gasteiger partial charge in [-0.3, -0.25) is 14.5 Å². The Labute approximate surface area is 166 Å². The largest absolute Gasteiger partial charge is 0.350 e. The molecule has 0 atom stereocenters. The number of para-hydroxylation sites is 1. The third-order valence-corrected chi connectivity index (χ3v) is 4.60. The smallest absolute Gasteiger partial charge is 0.279 e. The highest BCUT2D eigenvalue weighted by atomic mass is 35.5. The Morgan fingerprint density at radius 1 is 0.893 bits per heavy atom. The number of amides is 2. The van der Waals surface area contributed by atoms with Crippen molar-refractivity contribution in [2.45, 2.75) is 13.1 Å². The fourth-order valence-corrected chi connectivity index (χ4v) is 3.12. The minimum absolute atomic E-state index is 0.00263. The monoisotopic (exact) mass is 393 g/mol. The van der Waals surface area contributed by atoms with Gasteiger partial charge in [-0.2, -0.15) is 0 Å². The summed E-state index contributed by atoms with van der Waals surface area (Å²) in [4.78, 5) is 26.2. The summed E-state index contributed by atoms with van der Waals surface area (Å²) in [6.45, 7) is 0.554. The molecule has 1 aliphatic rings. The van der Waals surface area contributed by atoms with Gasteiger partial charge in [0, 0.05) is 5.69 Å².